The van der Waals surface area contributed by atoms with E-state index in [1.54, 1.807) is 7.11 Å². The number of ether oxygens (including phenoxy) is 2. The Balaban J connectivity index is 1.66. The monoisotopic (exact) mass is 347 g/mol. The van der Waals surface area contributed by atoms with Crippen molar-refractivity contribution >= 4 is 5.96 Å². The van der Waals surface area contributed by atoms with E-state index >= 15 is 0 Å². The Bertz CT molecular complexity index is 528. The molecule has 5 heteroatoms. The third-order valence-electron chi connectivity index (χ3n) is 4.56. The second-order valence-electron chi connectivity index (χ2n) is 6.87. The zero-order valence-electron chi connectivity index (χ0n) is 16.0. The molecule has 1 aromatic carbocycles. The lowest BCUT2D eigenvalue weighted by molar-refractivity contribution is 0.0698. The third-order valence-corrected chi connectivity index (χ3v) is 4.56. The molecule has 2 atom stereocenters. The standard InChI is InChI=1S/C20H33N3O2/c1-15(2)16-6-8-17(9-7-16)18-14-19(18)23-20(21-3)22-10-5-11-25-13-12-24-4/h6-9,15,18-19H,5,10-14H2,1-4H3,(H2,21,22,23). The van der Waals surface area contributed by atoms with Gasteiger partial charge in [-0.1, -0.05) is 38.1 Å². The van der Waals surface area contributed by atoms with Crippen LogP contribution in [-0.4, -0.2) is 52.5 Å². The predicted molar refractivity (Wildman–Crippen MR) is 103 cm³/mol. The van der Waals surface area contributed by atoms with E-state index in [4.69, 9.17) is 9.47 Å². The second-order valence-corrected chi connectivity index (χ2v) is 6.87. The SMILES string of the molecule is CN=C(NCCCOCCOC)NC1CC1c1ccc(C(C)C)cc1. The van der Waals surface area contributed by atoms with Gasteiger partial charge in [0.05, 0.1) is 13.2 Å². The van der Waals surface area contributed by atoms with Crippen molar-refractivity contribution in [1.82, 2.24) is 10.6 Å². The normalized spacial score (nSPS) is 20.0. The number of rotatable bonds is 10. The lowest BCUT2D eigenvalue weighted by Gasteiger charge is -2.12. The molecule has 140 valence electrons. The van der Waals surface area contributed by atoms with Crippen LogP contribution in [0.25, 0.3) is 0 Å². The maximum Gasteiger partial charge on any atom is 0.191 e. The van der Waals surface area contributed by atoms with Crippen molar-refractivity contribution in [3.63, 3.8) is 0 Å². The van der Waals surface area contributed by atoms with Crippen LogP contribution in [0, 0.1) is 0 Å². The maximum atomic E-state index is 5.46. The highest BCUT2D eigenvalue weighted by molar-refractivity contribution is 5.80. The minimum atomic E-state index is 0.481. The molecule has 2 N–H and O–H groups in total. The first-order chi connectivity index (χ1) is 12.2. The molecule has 0 aromatic heterocycles. The fourth-order valence-corrected chi connectivity index (χ4v) is 2.85. The van der Waals surface area contributed by atoms with Crippen LogP contribution >= 0.6 is 0 Å². The van der Waals surface area contributed by atoms with Crippen molar-refractivity contribution in [3.05, 3.63) is 35.4 Å². The Morgan fingerprint density at radius 3 is 2.60 bits per heavy atom. The first kappa shape index (κ1) is 19.7. The summed E-state index contributed by atoms with van der Waals surface area (Å²) in [7, 11) is 3.50. The van der Waals surface area contributed by atoms with E-state index in [1.807, 2.05) is 7.05 Å². The number of benzene rings is 1. The second kappa shape index (κ2) is 10.4. The van der Waals surface area contributed by atoms with E-state index in [9.17, 15) is 0 Å². The van der Waals surface area contributed by atoms with Gasteiger partial charge < -0.3 is 20.1 Å². The van der Waals surface area contributed by atoms with Gasteiger partial charge in [0, 0.05) is 39.3 Å². The van der Waals surface area contributed by atoms with Crippen LogP contribution in [0.2, 0.25) is 0 Å². The summed E-state index contributed by atoms with van der Waals surface area (Å²) in [6, 6.07) is 9.54. The first-order valence-corrected chi connectivity index (χ1v) is 9.29. The Labute approximate surface area is 152 Å². The summed E-state index contributed by atoms with van der Waals surface area (Å²) < 4.78 is 10.4. The third kappa shape index (κ3) is 6.67. The molecule has 0 aliphatic heterocycles. The molecule has 1 aliphatic rings. The van der Waals surface area contributed by atoms with Gasteiger partial charge >= 0.3 is 0 Å². The molecule has 2 rings (SSSR count). The van der Waals surface area contributed by atoms with Crippen molar-refractivity contribution in [2.45, 2.75) is 44.6 Å². The van der Waals surface area contributed by atoms with Gasteiger partial charge in [-0.3, -0.25) is 4.99 Å². The summed E-state index contributed by atoms with van der Waals surface area (Å²) in [5.74, 6) is 2.06. The minimum absolute atomic E-state index is 0.481. The molecule has 0 bridgehead atoms. The van der Waals surface area contributed by atoms with Crippen LogP contribution in [-0.2, 0) is 9.47 Å². The molecule has 2 unspecified atom stereocenters. The molecule has 0 heterocycles. The number of aliphatic imine (C=N–C) groups is 1. The fraction of sp³-hybridized carbons (Fsp3) is 0.650. The van der Waals surface area contributed by atoms with Crippen molar-refractivity contribution in [2.75, 3.05) is 40.5 Å². The van der Waals surface area contributed by atoms with Crippen molar-refractivity contribution < 1.29 is 9.47 Å². The summed E-state index contributed by atoms with van der Waals surface area (Å²) in [5, 5.41) is 6.87. The van der Waals surface area contributed by atoms with E-state index in [0.29, 0.717) is 31.1 Å². The van der Waals surface area contributed by atoms with E-state index in [1.165, 1.54) is 17.5 Å². The van der Waals surface area contributed by atoms with Gasteiger partial charge in [-0.2, -0.15) is 0 Å². The van der Waals surface area contributed by atoms with Crippen LogP contribution < -0.4 is 10.6 Å². The van der Waals surface area contributed by atoms with Gasteiger partial charge in [0.1, 0.15) is 0 Å². The molecule has 0 amide bonds. The quantitative estimate of drug-likeness (QED) is 0.388. The molecule has 1 saturated carbocycles. The number of nitrogens with zero attached hydrogens (tertiary/aromatic N) is 1. The van der Waals surface area contributed by atoms with Crippen LogP contribution in [0.1, 0.15) is 49.7 Å². The first-order valence-electron chi connectivity index (χ1n) is 9.29. The van der Waals surface area contributed by atoms with E-state index < -0.39 is 0 Å². The molecule has 0 saturated heterocycles. The largest absolute Gasteiger partial charge is 0.382 e. The van der Waals surface area contributed by atoms with E-state index in [-0.39, 0.29) is 0 Å². The Morgan fingerprint density at radius 1 is 1.20 bits per heavy atom. The van der Waals surface area contributed by atoms with Crippen molar-refractivity contribution in [1.29, 1.82) is 0 Å². The molecule has 5 nitrogen and oxygen atoms in total. The number of guanidine groups is 1. The predicted octanol–water partition coefficient (Wildman–Crippen LogP) is 2.88. The molecule has 25 heavy (non-hydrogen) atoms. The highest BCUT2D eigenvalue weighted by atomic mass is 16.5. The number of nitrogens with one attached hydrogen (secondary N) is 2. The van der Waals surface area contributed by atoms with Crippen LogP contribution in [0.4, 0.5) is 0 Å². The summed E-state index contributed by atoms with van der Waals surface area (Å²) >= 11 is 0. The van der Waals surface area contributed by atoms with Gasteiger partial charge in [0.2, 0.25) is 0 Å². The molecular weight excluding hydrogens is 314 g/mol. The fourth-order valence-electron chi connectivity index (χ4n) is 2.85. The molecular formula is C20H33N3O2. The van der Waals surface area contributed by atoms with Gasteiger partial charge in [-0.05, 0) is 29.9 Å². The Hall–Kier alpha value is -1.59. The van der Waals surface area contributed by atoms with Crippen LogP contribution in [0.5, 0.6) is 0 Å². The zero-order valence-corrected chi connectivity index (χ0v) is 16.0. The van der Waals surface area contributed by atoms with Crippen LogP contribution in [0.15, 0.2) is 29.3 Å². The van der Waals surface area contributed by atoms with Gasteiger partial charge in [0.25, 0.3) is 0 Å². The zero-order chi connectivity index (χ0) is 18.1. The number of methoxy groups -OCH3 is 1. The van der Waals surface area contributed by atoms with Crippen molar-refractivity contribution in [2.24, 2.45) is 4.99 Å². The summed E-state index contributed by atoms with van der Waals surface area (Å²) in [6.07, 6.45) is 2.12. The maximum absolute atomic E-state index is 5.46. The lowest BCUT2D eigenvalue weighted by atomic mass is 10.0. The van der Waals surface area contributed by atoms with Crippen molar-refractivity contribution in [3.8, 4) is 0 Å². The smallest absolute Gasteiger partial charge is 0.191 e. The molecule has 1 aliphatic carbocycles. The Kier molecular flexibility index (Phi) is 8.22. The summed E-state index contributed by atoms with van der Waals surface area (Å²) in [5.41, 5.74) is 2.82. The molecule has 0 radical (unpaired) electrons. The average molecular weight is 348 g/mol. The highest BCUT2D eigenvalue weighted by Gasteiger charge is 2.38. The Morgan fingerprint density at radius 2 is 1.96 bits per heavy atom. The number of hydrogen-bond donors (Lipinski definition) is 2. The van der Waals surface area contributed by atoms with Gasteiger partial charge in [-0.15, -0.1) is 0 Å². The van der Waals surface area contributed by atoms with Gasteiger partial charge in [0.15, 0.2) is 5.96 Å². The van der Waals surface area contributed by atoms with E-state index in [0.717, 1.165) is 25.5 Å². The van der Waals surface area contributed by atoms with Gasteiger partial charge in [-0.25, -0.2) is 0 Å². The van der Waals surface area contributed by atoms with Crippen LogP contribution in [0.3, 0.4) is 0 Å². The average Bonchev–Trinajstić information content (AvgIpc) is 3.39. The summed E-state index contributed by atoms with van der Waals surface area (Å²) in [6.45, 7) is 7.36. The lowest BCUT2D eigenvalue weighted by Crippen LogP contribution is -2.39. The topological polar surface area (TPSA) is 54.9 Å². The molecule has 0 spiro atoms. The van der Waals surface area contributed by atoms with E-state index in [2.05, 4.69) is 53.7 Å². The summed E-state index contributed by atoms with van der Waals surface area (Å²) in [4.78, 5) is 4.31. The number of hydrogen-bond acceptors (Lipinski definition) is 3. The highest BCUT2D eigenvalue weighted by Crippen LogP contribution is 2.41. The molecule has 1 fully saturated rings. The minimum Gasteiger partial charge on any atom is -0.382 e. The molecule has 1 aromatic rings.